The second kappa shape index (κ2) is 5.46. The third kappa shape index (κ3) is 2.96. The third-order valence-corrected chi connectivity index (χ3v) is 3.22. The highest BCUT2D eigenvalue weighted by Gasteiger charge is 2.31. The van der Waals surface area contributed by atoms with Gasteiger partial charge in [-0.1, -0.05) is 11.6 Å². The van der Waals surface area contributed by atoms with Crippen molar-refractivity contribution in [1.29, 1.82) is 0 Å². The van der Waals surface area contributed by atoms with Gasteiger partial charge in [-0.2, -0.15) is 13.2 Å². The van der Waals surface area contributed by atoms with Gasteiger partial charge in [-0.25, -0.2) is 0 Å². The molecule has 0 unspecified atom stereocenters. The van der Waals surface area contributed by atoms with Crippen LogP contribution in [-0.2, 0) is 6.18 Å². The molecule has 1 aromatic heterocycles. The maximum absolute atomic E-state index is 12.6. The number of hydrogen-bond acceptors (Lipinski definition) is 3. The topological polar surface area (TPSA) is 35.0 Å². The first-order valence-corrected chi connectivity index (χ1v) is 6.57. The van der Waals surface area contributed by atoms with Crippen molar-refractivity contribution in [2.75, 3.05) is 0 Å². The highest BCUT2D eigenvalue weighted by molar-refractivity contribution is 6.32. The zero-order valence-corrected chi connectivity index (χ0v) is 11.7. The van der Waals surface area contributed by atoms with E-state index in [0.29, 0.717) is 16.8 Å². The van der Waals surface area contributed by atoms with Crippen LogP contribution in [0, 0.1) is 0 Å². The average Bonchev–Trinajstić information content (AvgIpc) is 2.48. The van der Waals surface area contributed by atoms with Crippen molar-refractivity contribution >= 4 is 22.6 Å². The van der Waals surface area contributed by atoms with Crippen molar-refractivity contribution in [3.63, 3.8) is 0 Å². The predicted molar refractivity (Wildman–Crippen MR) is 76.1 cm³/mol. The van der Waals surface area contributed by atoms with Crippen LogP contribution in [0.3, 0.4) is 0 Å². The summed E-state index contributed by atoms with van der Waals surface area (Å²) in [4.78, 5) is 8.24. The van der Waals surface area contributed by atoms with Gasteiger partial charge in [-0.3, -0.25) is 9.97 Å². The summed E-state index contributed by atoms with van der Waals surface area (Å²) in [6.45, 7) is 0. The molecule has 0 aliphatic heterocycles. The Morgan fingerprint density at radius 1 is 0.909 bits per heavy atom. The Morgan fingerprint density at radius 2 is 1.64 bits per heavy atom. The van der Waals surface area contributed by atoms with Crippen LogP contribution in [0.5, 0.6) is 11.5 Å². The quantitative estimate of drug-likeness (QED) is 0.658. The lowest BCUT2D eigenvalue weighted by molar-refractivity contribution is -0.137. The second-order valence-electron chi connectivity index (χ2n) is 4.45. The van der Waals surface area contributed by atoms with Gasteiger partial charge in [0.25, 0.3) is 0 Å². The molecule has 0 bridgehead atoms. The molecule has 3 aromatic rings. The Labute approximate surface area is 128 Å². The van der Waals surface area contributed by atoms with Gasteiger partial charge in [0.2, 0.25) is 0 Å². The molecule has 22 heavy (non-hydrogen) atoms. The van der Waals surface area contributed by atoms with Gasteiger partial charge in [0.05, 0.1) is 21.6 Å². The maximum Gasteiger partial charge on any atom is 0.416 e. The summed E-state index contributed by atoms with van der Waals surface area (Å²) in [5, 5.41) is -0.117. The van der Waals surface area contributed by atoms with Crippen molar-refractivity contribution in [3.05, 3.63) is 59.4 Å². The van der Waals surface area contributed by atoms with Gasteiger partial charge in [0.1, 0.15) is 11.5 Å². The normalized spacial score (nSPS) is 11.6. The minimum atomic E-state index is -4.44. The van der Waals surface area contributed by atoms with E-state index in [9.17, 15) is 13.2 Å². The van der Waals surface area contributed by atoms with Gasteiger partial charge in [0.15, 0.2) is 0 Å². The van der Waals surface area contributed by atoms with E-state index in [1.54, 1.807) is 24.4 Å². The first kappa shape index (κ1) is 14.6. The highest BCUT2D eigenvalue weighted by atomic mass is 35.5. The summed E-state index contributed by atoms with van der Waals surface area (Å²) in [7, 11) is 0. The largest absolute Gasteiger partial charge is 0.456 e. The lowest BCUT2D eigenvalue weighted by Gasteiger charge is -2.11. The minimum Gasteiger partial charge on any atom is -0.456 e. The van der Waals surface area contributed by atoms with E-state index in [1.165, 1.54) is 12.3 Å². The molecule has 3 rings (SSSR count). The fourth-order valence-electron chi connectivity index (χ4n) is 1.89. The van der Waals surface area contributed by atoms with Gasteiger partial charge < -0.3 is 4.74 Å². The Bertz CT molecular complexity index is 836. The summed E-state index contributed by atoms with van der Waals surface area (Å²) < 4.78 is 43.3. The Morgan fingerprint density at radius 3 is 2.32 bits per heavy atom. The fraction of sp³-hybridized carbons (Fsp3) is 0.0667. The molecule has 0 saturated heterocycles. The molecule has 2 aromatic carbocycles. The monoisotopic (exact) mass is 324 g/mol. The predicted octanol–water partition coefficient (Wildman–Crippen LogP) is 5.09. The van der Waals surface area contributed by atoms with E-state index in [0.717, 1.165) is 12.1 Å². The molecule has 1 heterocycles. The van der Waals surface area contributed by atoms with Crippen LogP contribution in [0.15, 0.2) is 48.8 Å². The summed E-state index contributed by atoms with van der Waals surface area (Å²) >= 11 is 5.85. The van der Waals surface area contributed by atoms with Gasteiger partial charge in [-0.05, 0) is 30.3 Å². The van der Waals surface area contributed by atoms with Crippen molar-refractivity contribution in [2.24, 2.45) is 0 Å². The SMILES string of the molecule is FC(F)(F)c1ccc(Oc2ccc3nccnc3c2)c(Cl)c1. The van der Waals surface area contributed by atoms with Crippen molar-refractivity contribution < 1.29 is 17.9 Å². The zero-order valence-electron chi connectivity index (χ0n) is 10.9. The number of halogens is 4. The van der Waals surface area contributed by atoms with Crippen LogP contribution < -0.4 is 4.74 Å². The second-order valence-corrected chi connectivity index (χ2v) is 4.86. The molecule has 0 N–H and O–H groups in total. The number of hydrogen-bond donors (Lipinski definition) is 0. The number of benzene rings is 2. The third-order valence-electron chi connectivity index (χ3n) is 2.93. The highest BCUT2D eigenvalue weighted by Crippen LogP contribution is 2.36. The number of ether oxygens (including phenoxy) is 1. The van der Waals surface area contributed by atoms with Gasteiger partial charge in [-0.15, -0.1) is 0 Å². The summed E-state index contributed by atoms with van der Waals surface area (Å²) in [5.74, 6) is 0.549. The van der Waals surface area contributed by atoms with Crippen LogP contribution in [0.2, 0.25) is 5.02 Å². The van der Waals surface area contributed by atoms with Crippen molar-refractivity contribution in [1.82, 2.24) is 9.97 Å². The molecule has 112 valence electrons. The van der Waals surface area contributed by atoms with E-state index in [4.69, 9.17) is 16.3 Å². The first-order chi connectivity index (χ1) is 10.4. The Balaban J connectivity index is 1.91. The molecule has 0 spiro atoms. The molecule has 0 fully saturated rings. The minimum absolute atomic E-state index is 0.117. The van der Waals surface area contributed by atoms with E-state index >= 15 is 0 Å². The summed E-state index contributed by atoms with van der Waals surface area (Å²) in [5.41, 5.74) is 0.477. The molecule has 0 radical (unpaired) electrons. The van der Waals surface area contributed by atoms with Crippen LogP contribution in [0.25, 0.3) is 11.0 Å². The number of rotatable bonds is 2. The van der Waals surface area contributed by atoms with Crippen molar-refractivity contribution in [2.45, 2.75) is 6.18 Å². The first-order valence-electron chi connectivity index (χ1n) is 6.19. The van der Waals surface area contributed by atoms with Crippen LogP contribution in [0.1, 0.15) is 5.56 Å². The molecule has 7 heteroatoms. The molecule has 0 atom stereocenters. The maximum atomic E-state index is 12.6. The van der Waals surface area contributed by atoms with Crippen molar-refractivity contribution in [3.8, 4) is 11.5 Å². The zero-order chi connectivity index (χ0) is 15.7. The van der Waals surface area contributed by atoms with E-state index in [-0.39, 0.29) is 10.8 Å². The molecule has 0 aliphatic carbocycles. The standard InChI is InChI=1S/C15H8ClF3N2O/c16-11-7-9(15(17,18)19)1-4-14(11)22-10-2-3-12-13(8-10)21-6-5-20-12/h1-8H. The smallest absolute Gasteiger partial charge is 0.416 e. The Kier molecular flexibility index (Phi) is 3.62. The van der Waals surface area contributed by atoms with Gasteiger partial charge >= 0.3 is 6.18 Å². The van der Waals surface area contributed by atoms with Crippen LogP contribution >= 0.6 is 11.6 Å². The van der Waals surface area contributed by atoms with E-state index in [1.807, 2.05) is 0 Å². The van der Waals surface area contributed by atoms with E-state index < -0.39 is 11.7 Å². The number of alkyl halides is 3. The molecular formula is C15H8ClF3N2O. The molecular weight excluding hydrogens is 317 g/mol. The molecule has 0 amide bonds. The number of fused-ring (bicyclic) bond motifs is 1. The number of nitrogens with zero attached hydrogens (tertiary/aromatic N) is 2. The molecule has 0 aliphatic rings. The summed E-state index contributed by atoms with van der Waals surface area (Å²) in [6.07, 6.45) is -1.34. The van der Waals surface area contributed by atoms with Crippen LogP contribution in [-0.4, -0.2) is 9.97 Å². The average molecular weight is 325 g/mol. The lowest BCUT2D eigenvalue weighted by atomic mass is 10.2. The van der Waals surface area contributed by atoms with Gasteiger partial charge in [0, 0.05) is 18.5 Å². The van der Waals surface area contributed by atoms with Crippen LogP contribution in [0.4, 0.5) is 13.2 Å². The number of aromatic nitrogens is 2. The lowest BCUT2D eigenvalue weighted by Crippen LogP contribution is -2.04. The molecule has 0 saturated carbocycles. The van der Waals surface area contributed by atoms with E-state index in [2.05, 4.69) is 9.97 Å². The molecule has 3 nitrogen and oxygen atoms in total. The Hall–Kier alpha value is -2.34. The fourth-order valence-corrected chi connectivity index (χ4v) is 2.11. The summed E-state index contributed by atoms with van der Waals surface area (Å²) in [6, 6.07) is 7.92.